The van der Waals surface area contributed by atoms with Crippen LogP contribution < -0.4 is 10.6 Å². The molecule has 0 spiro atoms. The van der Waals surface area contributed by atoms with Crippen LogP contribution in [0, 0.1) is 5.92 Å². The molecule has 1 heterocycles. The van der Waals surface area contributed by atoms with Crippen molar-refractivity contribution in [3.8, 4) is 0 Å². The van der Waals surface area contributed by atoms with Gasteiger partial charge in [-0.3, -0.25) is 4.79 Å². The van der Waals surface area contributed by atoms with Gasteiger partial charge in [0.25, 0.3) is 0 Å². The van der Waals surface area contributed by atoms with Crippen molar-refractivity contribution in [1.29, 1.82) is 0 Å². The zero-order chi connectivity index (χ0) is 12.3. The molecule has 1 aliphatic rings. The Balaban J connectivity index is 2.58. The molecule has 92 valence electrons. The predicted octanol–water partition coefficient (Wildman–Crippen LogP) is -1.07. The zero-order valence-electron chi connectivity index (χ0n) is 9.43. The molecule has 6 nitrogen and oxygen atoms in total. The van der Waals surface area contributed by atoms with Crippen molar-refractivity contribution in [2.45, 2.75) is 38.5 Å². The lowest BCUT2D eigenvalue weighted by Gasteiger charge is -2.21. The Morgan fingerprint density at radius 2 is 2.12 bits per heavy atom. The summed E-state index contributed by atoms with van der Waals surface area (Å²) in [5, 5.41) is 23.5. The molecule has 0 saturated carbocycles. The normalized spacial score (nSPS) is 28.4. The fourth-order valence-corrected chi connectivity index (χ4v) is 1.87. The Morgan fingerprint density at radius 1 is 1.50 bits per heavy atom. The number of carbonyl (C=O) groups is 2. The van der Waals surface area contributed by atoms with E-state index in [0.29, 0.717) is 6.42 Å². The number of hydrogen-bond acceptors (Lipinski definition) is 4. The van der Waals surface area contributed by atoms with Gasteiger partial charge in [-0.25, -0.2) is 4.79 Å². The maximum Gasteiger partial charge on any atom is 0.328 e. The second-order valence-corrected chi connectivity index (χ2v) is 4.20. The molecule has 16 heavy (non-hydrogen) atoms. The average molecular weight is 230 g/mol. The van der Waals surface area contributed by atoms with Gasteiger partial charge < -0.3 is 20.8 Å². The molecule has 1 fully saturated rings. The number of carboxylic acids is 1. The number of carboxylic acid groups (broad SMARTS) is 1. The molecule has 0 aromatic heterocycles. The largest absolute Gasteiger partial charge is 0.480 e. The Morgan fingerprint density at radius 3 is 2.50 bits per heavy atom. The van der Waals surface area contributed by atoms with Gasteiger partial charge in [-0.1, -0.05) is 0 Å². The first kappa shape index (κ1) is 12.9. The number of amides is 1. The average Bonchev–Trinajstić information content (AvgIpc) is 2.59. The summed E-state index contributed by atoms with van der Waals surface area (Å²) in [6.07, 6.45) is -0.412. The molecular formula is C10H18N2O4. The van der Waals surface area contributed by atoms with Crippen LogP contribution in [-0.2, 0) is 9.59 Å². The molecule has 0 radical (unpaired) electrons. The highest BCUT2D eigenvalue weighted by Gasteiger charge is 2.33. The number of nitrogens with one attached hydrogen (secondary N) is 2. The summed E-state index contributed by atoms with van der Waals surface area (Å²) in [6, 6.07) is -1.19. The maximum atomic E-state index is 11.7. The molecule has 0 aromatic rings. The Kier molecular flexibility index (Phi) is 4.26. The van der Waals surface area contributed by atoms with Crippen LogP contribution in [0.1, 0.15) is 20.3 Å². The van der Waals surface area contributed by atoms with E-state index in [1.807, 2.05) is 6.92 Å². The van der Waals surface area contributed by atoms with E-state index < -0.39 is 18.1 Å². The highest BCUT2D eigenvalue weighted by atomic mass is 16.4. The first-order valence-electron chi connectivity index (χ1n) is 5.38. The molecule has 0 aliphatic carbocycles. The van der Waals surface area contributed by atoms with Crippen LogP contribution in [-0.4, -0.2) is 46.8 Å². The van der Waals surface area contributed by atoms with E-state index in [0.717, 1.165) is 6.54 Å². The van der Waals surface area contributed by atoms with Crippen LogP contribution in [0.3, 0.4) is 0 Å². The van der Waals surface area contributed by atoms with Crippen molar-refractivity contribution in [3.05, 3.63) is 0 Å². The van der Waals surface area contributed by atoms with E-state index >= 15 is 0 Å². The minimum atomic E-state index is -1.24. The summed E-state index contributed by atoms with van der Waals surface area (Å²) < 4.78 is 0. The van der Waals surface area contributed by atoms with Crippen molar-refractivity contribution >= 4 is 11.9 Å². The van der Waals surface area contributed by atoms with Crippen LogP contribution in [0.4, 0.5) is 0 Å². The van der Waals surface area contributed by atoms with Gasteiger partial charge in [-0.2, -0.15) is 0 Å². The van der Waals surface area contributed by atoms with Crippen LogP contribution >= 0.6 is 0 Å². The van der Waals surface area contributed by atoms with Gasteiger partial charge in [0.05, 0.1) is 12.0 Å². The summed E-state index contributed by atoms with van der Waals surface area (Å²) in [5.41, 5.74) is 0. The number of aliphatic hydroxyl groups excluding tert-OH is 1. The molecule has 1 saturated heterocycles. The lowest BCUT2D eigenvalue weighted by molar-refractivity contribution is -0.145. The SMILES string of the molecule is CC1NCCC1C(=O)N[C@H](C(=O)O)[C@@H](C)O. The molecule has 0 aromatic carbocycles. The van der Waals surface area contributed by atoms with Crippen molar-refractivity contribution in [2.75, 3.05) is 6.54 Å². The molecular weight excluding hydrogens is 212 g/mol. The zero-order valence-corrected chi connectivity index (χ0v) is 9.43. The van der Waals surface area contributed by atoms with E-state index in [4.69, 9.17) is 5.11 Å². The van der Waals surface area contributed by atoms with Crippen molar-refractivity contribution < 1.29 is 19.8 Å². The second-order valence-electron chi connectivity index (χ2n) is 4.20. The first-order valence-corrected chi connectivity index (χ1v) is 5.38. The number of hydrogen-bond donors (Lipinski definition) is 4. The van der Waals surface area contributed by atoms with Gasteiger partial charge in [0.15, 0.2) is 6.04 Å². The summed E-state index contributed by atoms with van der Waals surface area (Å²) >= 11 is 0. The van der Waals surface area contributed by atoms with Gasteiger partial charge in [-0.05, 0) is 26.8 Å². The number of carbonyl (C=O) groups excluding carboxylic acids is 1. The van der Waals surface area contributed by atoms with Gasteiger partial charge >= 0.3 is 5.97 Å². The Bertz CT molecular complexity index is 280. The Hall–Kier alpha value is -1.14. The number of aliphatic hydroxyl groups is 1. The minimum Gasteiger partial charge on any atom is -0.480 e. The standard InChI is InChI=1S/C10H18N2O4/c1-5-7(3-4-11-5)9(14)12-8(6(2)13)10(15)16/h5-8,11,13H,3-4H2,1-2H3,(H,12,14)(H,15,16)/t5?,6-,7?,8+/m1/s1. The van der Waals surface area contributed by atoms with E-state index in [1.54, 1.807) is 0 Å². The molecule has 6 heteroatoms. The van der Waals surface area contributed by atoms with E-state index in [-0.39, 0.29) is 17.9 Å². The van der Waals surface area contributed by atoms with E-state index in [9.17, 15) is 14.7 Å². The van der Waals surface area contributed by atoms with Crippen molar-refractivity contribution in [3.63, 3.8) is 0 Å². The van der Waals surface area contributed by atoms with E-state index in [2.05, 4.69) is 10.6 Å². The van der Waals surface area contributed by atoms with Gasteiger partial charge in [0, 0.05) is 6.04 Å². The number of rotatable bonds is 4. The summed E-state index contributed by atoms with van der Waals surface area (Å²) in [5.74, 6) is -1.76. The molecule has 1 aliphatic heterocycles. The fraction of sp³-hybridized carbons (Fsp3) is 0.800. The maximum absolute atomic E-state index is 11.7. The minimum absolute atomic E-state index is 0.0449. The van der Waals surface area contributed by atoms with E-state index in [1.165, 1.54) is 6.92 Å². The third kappa shape index (κ3) is 2.93. The highest BCUT2D eigenvalue weighted by Crippen LogP contribution is 2.15. The van der Waals surface area contributed by atoms with Crippen LogP contribution in [0.15, 0.2) is 0 Å². The molecule has 2 unspecified atom stereocenters. The second kappa shape index (κ2) is 5.27. The third-order valence-electron chi connectivity index (χ3n) is 2.91. The Labute approximate surface area is 94.0 Å². The quantitative estimate of drug-likeness (QED) is 0.493. The lowest BCUT2D eigenvalue weighted by Crippen LogP contribution is -2.50. The summed E-state index contributed by atoms with van der Waals surface area (Å²) in [7, 11) is 0. The highest BCUT2D eigenvalue weighted by molar-refractivity contribution is 5.85. The first-order chi connectivity index (χ1) is 7.43. The fourth-order valence-electron chi connectivity index (χ4n) is 1.87. The smallest absolute Gasteiger partial charge is 0.328 e. The summed E-state index contributed by atoms with van der Waals surface area (Å²) in [4.78, 5) is 22.5. The van der Waals surface area contributed by atoms with Crippen LogP contribution in [0.5, 0.6) is 0 Å². The van der Waals surface area contributed by atoms with Crippen LogP contribution in [0.2, 0.25) is 0 Å². The predicted molar refractivity (Wildman–Crippen MR) is 56.8 cm³/mol. The third-order valence-corrected chi connectivity index (χ3v) is 2.91. The molecule has 1 amide bonds. The molecule has 0 bridgehead atoms. The van der Waals surface area contributed by atoms with Crippen molar-refractivity contribution in [1.82, 2.24) is 10.6 Å². The van der Waals surface area contributed by atoms with Gasteiger partial charge in [0.2, 0.25) is 5.91 Å². The van der Waals surface area contributed by atoms with Gasteiger partial charge in [0.1, 0.15) is 0 Å². The molecule has 4 atom stereocenters. The van der Waals surface area contributed by atoms with Gasteiger partial charge in [-0.15, -0.1) is 0 Å². The van der Waals surface area contributed by atoms with Crippen molar-refractivity contribution in [2.24, 2.45) is 5.92 Å². The number of aliphatic carboxylic acids is 1. The van der Waals surface area contributed by atoms with Crippen LogP contribution in [0.25, 0.3) is 0 Å². The monoisotopic (exact) mass is 230 g/mol. The topological polar surface area (TPSA) is 98.7 Å². The molecule has 1 rings (SSSR count). The lowest BCUT2D eigenvalue weighted by atomic mass is 10.0. The molecule has 4 N–H and O–H groups in total. The summed E-state index contributed by atoms with van der Waals surface area (Å²) in [6.45, 7) is 3.98.